The molecular weight excluding hydrogens is 296 g/mol. The molecule has 0 bridgehead atoms. The number of ether oxygens (including phenoxy) is 1. The van der Waals surface area contributed by atoms with Gasteiger partial charge in [-0.05, 0) is 24.6 Å². The molecule has 0 fully saturated rings. The predicted molar refractivity (Wildman–Crippen MR) is 60.7 cm³/mol. The molecule has 1 heterocycles. The zero-order valence-corrected chi connectivity index (χ0v) is 10.5. The van der Waals surface area contributed by atoms with Crippen LogP contribution in [0.25, 0.3) is 0 Å². The van der Waals surface area contributed by atoms with Crippen LogP contribution in [0.1, 0.15) is 22.9 Å². The highest BCUT2D eigenvalue weighted by atomic mass is 79.9. The van der Waals surface area contributed by atoms with Crippen molar-refractivity contribution in [1.82, 2.24) is 0 Å². The summed E-state index contributed by atoms with van der Waals surface area (Å²) < 4.78 is 6.73. The first kappa shape index (κ1) is 9.53. The highest BCUT2D eigenvalue weighted by molar-refractivity contribution is 9.10. The molecule has 0 spiro atoms. The highest BCUT2D eigenvalue weighted by Crippen LogP contribution is 2.38. The van der Waals surface area contributed by atoms with Gasteiger partial charge in [-0.2, -0.15) is 0 Å². The SMILES string of the molecule is CC(Br)c1cc(Br)cc2c1OCC2. The van der Waals surface area contributed by atoms with Gasteiger partial charge in [-0.15, -0.1) is 0 Å². The van der Waals surface area contributed by atoms with E-state index in [1.165, 1.54) is 11.1 Å². The lowest BCUT2D eigenvalue weighted by Crippen LogP contribution is -1.92. The van der Waals surface area contributed by atoms with Gasteiger partial charge in [0.25, 0.3) is 0 Å². The fourth-order valence-corrected chi connectivity index (χ4v) is 2.46. The summed E-state index contributed by atoms with van der Waals surface area (Å²) in [7, 11) is 0. The molecule has 0 aromatic heterocycles. The summed E-state index contributed by atoms with van der Waals surface area (Å²) in [5.74, 6) is 1.08. The third-order valence-corrected chi connectivity index (χ3v) is 3.16. The summed E-state index contributed by atoms with van der Waals surface area (Å²) in [6.07, 6.45) is 1.03. The normalized spacial score (nSPS) is 16.5. The summed E-state index contributed by atoms with van der Waals surface area (Å²) in [5.41, 5.74) is 2.55. The van der Waals surface area contributed by atoms with Crippen molar-refractivity contribution in [3.05, 3.63) is 27.7 Å². The Labute approximate surface area is 94.7 Å². The van der Waals surface area contributed by atoms with Crippen molar-refractivity contribution in [3.8, 4) is 5.75 Å². The van der Waals surface area contributed by atoms with Crippen LogP contribution >= 0.6 is 31.9 Å². The number of fused-ring (bicyclic) bond motifs is 1. The van der Waals surface area contributed by atoms with Crippen LogP contribution in [0.4, 0.5) is 0 Å². The van der Waals surface area contributed by atoms with Crippen LogP contribution in [0.5, 0.6) is 5.75 Å². The van der Waals surface area contributed by atoms with E-state index in [1.807, 2.05) is 0 Å². The number of alkyl halides is 1. The van der Waals surface area contributed by atoms with Crippen LogP contribution in [-0.4, -0.2) is 6.61 Å². The lowest BCUT2D eigenvalue weighted by atomic mass is 10.1. The maximum Gasteiger partial charge on any atom is 0.127 e. The van der Waals surface area contributed by atoms with E-state index in [0.717, 1.165) is 23.2 Å². The fraction of sp³-hybridized carbons (Fsp3) is 0.400. The number of hydrogen-bond donors (Lipinski definition) is 0. The lowest BCUT2D eigenvalue weighted by molar-refractivity contribution is 0.353. The number of benzene rings is 1. The Morgan fingerprint density at radius 3 is 2.92 bits per heavy atom. The Kier molecular flexibility index (Phi) is 2.65. The quantitative estimate of drug-likeness (QED) is 0.716. The number of halogens is 2. The molecule has 3 heteroatoms. The summed E-state index contributed by atoms with van der Waals surface area (Å²) in [6.45, 7) is 2.93. The van der Waals surface area contributed by atoms with E-state index in [0.29, 0.717) is 4.83 Å². The summed E-state index contributed by atoms with van der Waals surface area (Å²) >= 11 is 7.08. The monoisotopic (exact) mass is 304 g/mol. The zero-order valence-electron chi connectivity index (χ0n) is 7.31. The minimum atomic E-state index is 0.344. The molecule has 1 aromatic carbocycles. The molecule has 0 saturated carbocycles. The minimum Gasteiger partial charge on any atom is -0.493 e. The summed E-state index contributed by atoms with van der Waals surface area (Å²) in [6, 6.07) is 4.25. The Morgan fingerprint density at radius 2 is 2.23 bits per heavy atom. The van der Waals surface area contributed by atoms with E-state index in [4.69, 9.17) is 4.74 Å². The fourth-order valence-electron chi connectivity index (χ4n) is 1.59. The van der Waals surface area contributed by atoms with Gasteiger partial charge in [0.1, 0.15) is 5.75 Å². The molecular formula is C10H10Br2O. The van der Waals surface area contributed by atoms with Crippen molar-refractivity contribution in [3.63, 3.8) is 0 Å². The van der Waals surface area contributed by atoms with Crippen molar-refractivity contribution < 1.29 is 4.74 Å². The van der Waals surface area contributed by atoms with Crippen LogP contribution in [0.15, 0.2) is 16.6 Å². The van der Waals surface area contributed by atoms with Crippen molar-refractivity contribution in [2.75, 3.05) is 6.61 Å². The molecule has 2 rings (SSSR count). The first-order chi connectivity index (χ1) is 6.18. The standard InChI is InChI=1S/C10H10Br2O/c1-6(11)9-5-8(12)4-7-2-3-13-10(7)9/h4-6H,2-3H2,1H3. The highest BCUT2D eigenvalue weighted by Gasteiger charge is 2.19. The molecule has 1 atom stereocenters. The van der Waals surface area contributed by atoms with E-state index in [2.05, 4.69) is 50.9 Å². The molecule has 1 unspecified atom stereocenters. The van der Waals surface area contributed by atoms with Crippen molar-refractivity contribution in [2.45, 2.75) is 18.2 Å². The zero-order chi connectivity index (χ0) is 9.42. The van der Waals surface area contributed by atoms with Crippen LogP contribution < -0.4 is 4.74 Å². The van der Waals surface area contributed by atoms with Gasteiger partial charge in [0.2, 0.25) is 0 Å². The molecule has 0 amide bonds. The Bertz CT molecular complexity index is 334. The minimum absolute atomic E-state index is 0.344. The molecule has 0 saturated heterocycles. The molecule has 13 heavy (non-hydrogen) atoms. The van der Waals surface area contributed by atoms with Crippen LogP contribution in [0.2, 0.25) is 0 Å². The second-order valence-electron chi connectivity index (χ2n) is 3.20. The number of hydrogen-bond acceptors (Lipinski definition) is 1. The first-order valence-electron chi connectivity index (χ1n) is 4.27. The van der Waals surface area contributed by atoms with E-state index >= 15 is 0 Å². The van der Waals surface area contributed by atoms with Crippen molar-refractivity contribution in [1.29, 1.82) is 0 Å². The average Bonchev–Trinajstić information content (AvgIpc) is 2.49. The molecule has 0 aliphatic carbocycles. The maximum atomic E-state index is 5.60. The van der Waals surface area contributed by atoms with Crippen LogP contribution in [0.3, 0.4) is 0 Å². The smallest absolute Gasteiger partial charge is 0.127 e. The molecule has 1 nitrogen and oxygen atoms in total. The third kappa shape index (κ3) is 1.77. The van der Waals surface area contributed by atoms with Crippen LogP contribution in [-0.2, 0) is 6.42 Å². The topological polar surface area (TPSA) is 9.23 Å². The number of rotatable bonds is 1. The van der Waals surface area contributed by atoms with Gasteiger partial charge in [0.15, 0.2) is 0 Å². The van der Waals surface area contributed by atoms with E-state index in [-0.39, 0.29) is 0 Å². The second-order valence-corrected chi connectivity index (χ2v) is 5.49. The van der Waals surface area contributed by atoms with Gasteiger partial charge in [0, 0.05) is 21.3 Å². The third-order valence-electron chi connectivity index (χ3n) is 2.21. The van der Waals surface area contributed by atoms with Crippen molar-refractivity contribution in [2.24, 2.45) is 0 Å². The Balaban J connectivity index is 2.55. The Morgan fingerprint density at radius 1 is 1.46 bits per heavy atom. The van der Waals surface area contributed by atoms with E-state index < -0.39 is 0 Å². The Hall–Kier alpha value is -0.0200. The van der Waals surface area contributed by atoms with E-state index in [9.17, 15) is 0 Å². The molecule has 70 valence electrons. The molecule has 1 aromatic rings. The average molecular weight is 306 g/mol. The van der Waals surface area contributed by atoms with Crippen LogP contribution in [0, 0.1) is 0 Å². The second kappa shape index (κ2) is 3.62. The summed E-state index contributed by atoms with van der Waals surface area (Å²) in [5, 5.41) is 0. The summed E-state index contributed by atoms with van der Waals surface area (Å²) in [4.78, 5) is 0.344. The van der Waals surface area contributed by atoms with Gasteiger partial charge in [0.05, 0.1) is 6.61 Å². The predicted octanol–water partition coefficient (Wildman–Crippen LogP) is 3.84. The maximum absolute atomic E-state index is 5.60. The van der Waals surface area contributed by atoms with Gasteiger partial charge in [-0.25, -0.2) is 0 Å². The molecule has 0 N–H and O–H groups in total. The first-order valence-corrected chi connectivity index (χ1v) is 5.98. The van der Waals surface area contributed by atoms with E-state index in [1.54, 1.807) is 0 Å². The van der Waals surface area contributed by atoms with Gasteiger partial charge >= 0.3 is 0 Å². The van der Waals surface area contributed by atoms with Gasteiger partial charge in [-0.3, -0.25) is 0 Å². The molecule has 1 aliphatic rings. The van der Waals surface area contributed by atoms with Crippen molar-refractivity contribution >= 4 is 31.9 Å². The lowest BCUT2D eigenvalue weighted by Gasteiger charge is -2.10. The molecule has 0 radical (unpaired) electrons. The largest absolute Gasteiger partial charge is 0.493 e. The van der Waals surface area contributed by atoms with Gasteiger partial charge < -0.3 is 4.74 Å². The molecule has 1 aliphatic heterocycles. The van der Waals surface area contributed by atoms with Gasteiger partial charge in [-0.1, -0.05) is 31.9 Å².